The smallest absolute Gasteiger partial charge is 0.322 e. The van der Waals surface area contributed by atoms with Crippen molar-refractivity contribution in [2.45, 2.75) is 6.54 Å². The van der Waals surface area contributed by atoms with Crippen LogP contribution >= 0.6 is 15.9 Å². The van der Waals surface area contributed by atoms with Crippen molar-refractivity contribution >= 4 is 27.6 Å². The Labute approximate surface area is 164 Å². The minimum Gasteiger partial charge on any atom is -0.395 e. The van der Waals surface area contributed by atoms with E-state index < -0.39 is 0 Å². The zero-order valence-electron chi connectivity index (χ0n) is 14.7. The quantitative estimate of drug-likeness (QED) is 0.626. The van der Waals surface area contributed by atoms with Gasteiger partial charge in [0.05, 0.1) is 6.61 Å². The van der Waals surface area contributed by atoms with Gasteiger partial charge in [0, 0.05) is 35.9 Å². The number of aliphatic hydroxyl groups is 1. The van der Waals surface area contributed by atoms with E-state index in [1.54, 1.807) is 28.8 Å². The first kappa shape index (κ1) is 19.0. The lowest BCUT2D eigenvalue weighted by molar-refractivity contribution is 0.185. The molecule has 2 amide bonds. The average molecular weight is 431 g/mol. The molecule has 1 heterocycles. The number of nitrogens with zero attached hydrogens (tertiary/aromatic N) is 5. The van der Waals surface area contributed by atoms with Crippen molar-refractivity contribution in [3.8, 4) is 11.4 Å². The second-order valence-corrected chi connectivity index (χ2v) is 6.73. The number of amides is 2. The molecular formula is C18H19BrN6O2. The lowest BCUT2D eigenvalue weighted by atomic mass is 10.2. The number of benzene rings is 2. The van der Waals surface area contributed by atoms with Gasteiger partial charge in [-0.2, -0.15) is 0 Å². The minimum absolute atomic E-state index is 0.122. The average Bonchev–Trinajstić information content (AvgIpc) is 3.09. The predicted molar refractivity (Wildman–Crippen MR) is 105 cm³/mol. The molecule has 0 spiro atoms. The maximum atomic E-state index is 12.7. The Morgan fingerprint density at radius 2 is 2.07 bits per heavy atom. The molecule has 0 aliphatic carbocycles. The van der Waals surface area contributed by atoms with Crippen molar-refractivity contribution in [2.75, 3.05) is 18.5 Å². The number of aryl methyl sites for hydroxylation is 1. The van der Waals surface area contributed by atoms with Crippen LogP contribution in [0, 0.1) is 0 Å². The Kier molecular flexibility index (Phi) is 6.15. The monoisotopic (exact) mass is 430 g/mol. The van der Waals surface area contributed by atoms with Crippen molar-refractivity contribution in [3.63, 3.8) is 0 Å². The summed E-state index contributed by atoms with van der Waals surface area (Å²) in [6, 6.07) is 14.7. The summed E-state index contributed by atoms with van der Waals surface area (Å²) in [5.41, 5.74) is 2.37. The van der Waals surface area contributed by atoms with E-state index in [2.05, 4.69) is 36.8 Å². The molecule has 1 aromatic heterocycles. The Balaban J connectivity index is 1.76. The summed E-state index contributed by atoms with van der Waals surface area (Å²) in [5, 5.41) is 23.6. The van der Waals surface area contributed by atoms with Crippen molar-refractivity contribution in [2.24, 2.45) is 7.05 Å². The van der Waals surface area contributed by atoms with Crippen LogP contribution in [-0.2, 0) is 13.6 Å². The topological polar surface area (TPSA) is 96.2 Å². The zero-order chi connectivity index (χ0) is 19.2. The van der Waals surface area contributed by atoms with Crippen LogP contribution in [-0.4, -0.2) is 49.4 Å². The van der Waals surface area contributed by atoms with Gasteiger partial charge in [-0.1, -0.05) is 46.3 Å². The highest BCUT2D eigenvalue weighted by Crippen LogP contribution is 2.21. The van der Waals surface area contributed by atoms with Gasteiger partial charge in [-0.3, -0.25) is 0 Å². The Bertz CT molecular complexity index is 929. The molecule has 0 atom stereocenters. The van der Waals surface area contributed by atoms with Crippen LogP contribution in [0.25, 0.3) is 11.4 Å². The standard InChI is InChI=1S/C18H19BrN6O2/c1-24-17(21-22-23-24)13-6-4-7-15(11-13)20-18(27)25(9-10-26)12-14-5-2-3-8-16(14)19/h2-8,11,26H,9-10,12H2,1H3,(H,20,27). The molecule has 0 saturated heterocycles. The number of aliphatic hydroxyl groups excluding tert-OH is 1. The fourth-order valence-corrected chi connectivity index (χ4v) is 3.03. The van der Waals surface area contributed by atoms with Gasteiger partial charge in [-0.15, -0.1) is 5.10 Å². The van der Waals surface area contributed by atoms with Crippen LogP contribution in [0.5, 0.6) is 0 Å². The van der Waals surface area contributed by atoms with Crippen LogP contribution < -0.4 is 5.32 Å². The van der Waals surface area contributed by atoms with E-state index >= 15 is 0 Å². The summed E-state index contributed by atoms with van der Waals surface area (Å²) in [7, 11) is 1.75. The fourth-order valence-electron chi connectivity index (χ4n) is 2.62. The van der Waals surface area contributed by atoms with Crippen molar-refractivity contribution in [1.82, 2.24) is 25.1 Å². The summed E-state index contributed by atoms with van der Waals surface area (Å²) in [6.45, 7) is 0.475. The number of hydrogen-bond acceptors (Lipinski definition) is 5. The maximum Gasteiger partial charge on any atom is 0.322 e. The molecule has 27 heavy (non-hydrogen) atoms. The number of aromatic nitrogens is 4. The van der Waals surface area contributed by atoms with E-state index in [0.717, 1.165) is 15.6 Å². The molecule has 2 N–H and O–H groups in total. The van der Waals surface area contributed by atoms with Crippen LogP contribution in [0.2, 0.25) is 0 Å². The number of nitrogens with one attached hydrogen (secondary N) is 1. The molecule has 9 heteroatoms. The number of anilines is 1. The lowest BCUT2D eigenvalue weighted by Crippen LogP contribution is -2.36. The molecule has 8 nitrogen and oxygen atoms in total. The molecule has 0 fully saturated rings. The normalized spacial score (nSPS) is 10.6. The Hall–Kier alpha value is -2.78. The molecule has 0 unspecified atom stereocenters. The van der Waals surface area contributed by atoms with Crippen LogP contribution in [0.3, 0.4) is 0 Å². The van der Waals surface area contributed by atoms with Gasteiger partial charge in [0.1, 0.15) is 0 Å². The van der Waals surface area contributed by atoms with Gasteiger partial charge >= 0.3 is 6.03 Å². The van der Waals surface area contributed by atoms with E-state index in [-0.39, 0.29) is 19.2 Å². The second-order valence-electron chi connectivity index (χ2n) is 5.87. The van der Waals surface area contributed by atoms with E-state index in [4.69, 9.17) is 0 Å². The van der Waals surface area contributed by atoms with Gasteiger partial charge < -0.3 is 15.3 Å². The van der Waals surface area contributed by atoms with Crippen molar-refractivity contribution in [1.29, 1.82) is 0 Å². The molecular weight excluding hydrogens is 412 g/mol. The fraction of sp³-hybridized carbons (Fsp3) is 0.222. The summed E-state index contributed by atoms with van der Waals surface area (Å²) >= 11 is 3.49. The molecule has 0 bridgehead atoms. The van der Waals surface area contributed by atoms with Gasteiger partial charge in [-0.25, -0.2) is 9.48 Å². The number of carbonyl (C=O) groups is 1. The molecule has 2 aromatic carbocycles. The van der Waals surface area contributed by atoms with Crippen LogP contribution in [0.1, 0.15) is 5.56 Å². The first-order valence-corrected chi connectivity index (χ1v) is 9.11. The predicted octanol–water partition coefficient (Wildman–Crippen LogP) is 2.67. The van der Waals surface area contributed by atoms with Crippen molar-refractivity contribution in [3.05, 3.63) is 58.6 Å². The van der Waals surface area contributed by atoms with E-state index in [1.165, 1.54) is 0 Å². The van der Waals surface area contributed by atoms with E-state index in [9.17, 15) is 9.90 Å². The number of halogens is 1. The molecule has 3 rings (SSSR count). The summed E-state index contributed by atoms with van der Waals surface area (Å²) in [6.07, 6.45) is 0. The minimum atomic E-state index is -0.298. The number of urea groups is 1. The molecule has 0 saturated carbocycles. The van der Waals surface area contributed by atoms with Crippen molar-refractivity contribution < 1.29 is 9.90 Å². The first-order valence-electron chi connectivity index (χ1n) is 8.31. The Morgan fingerprint density at radius 3 is 2.78 bits per heavy atom. The van der Waals surface area contributed by atoms with Gasteiger partial charge in [-0.05, 0) is 34.2 Å². The largest absolute Gasteiger partial charge is 0.395 e. The zero-order valence-corrected chi connectivity index (χ0v) is 16.3. The maximum absolute atomic E-state index is 12.7. The van der Waals surface area contributed by atoms with E-state index in [1.807, 2.05) is 36.4 Å². The Morgan fingerprint density at radius 1 is 1.26 bits per heavy atom. The third kappa shape index (κ3) is 4.69. The number of rotatable bonds is 6. The molecule has 140 valence electrons. The highest BCUT2D eigenvalue weighted by molar-refractivity contribution is 9.10. The number of hydrogen-bond donors (Lipinski definition) is 2. The highest BCUT2D eigenvalue weighted by Gasteiger charge is 2.16. The van der Waals surface area contributed by atoms with Gasteiger partial charge in [0.2, 0.25) is 0 Å². The second kappa shape index (κ2) is 8.74. The highest BCUT2D eigenvalue weighted by atomic mass is 79.9. The van der Waals surface area contributed by atoms with Crippen LogP contribution in [0.4, 0.5) is 10.5 Å². The van der Waals surface area contributed by atoms with E-state index in [0.29, 0.717) is 18.1 Å². The van der Waals surface area contributed by atoms with Crippen LogP contribution in [0.15, 0.2) is 53.0 Å². The summed E-state index contributed by atoms with van der Waals surface area (Å²) in [5.74, 6) is 0.603. The molecule has 0 aliphatic rings. The number of carbonyl (C=O) groups excluding carboxylic acids is 1. The molecule has 0 radical (unpaired) electrons. The summed E-state index contributed by atoms with van der Waals surface area (Å²) in [4.78, 5) is 14.3. The van der Waals surface area contributed by atoms with Gasteiger partial charge in [0.15, 0.2) is 5.82 Å². The third-order valence-corrected chi connectivity index (χ3v) is 4.74. The number of tetrazole rings is 1. The first-order chi connectivity index (χ1) is 13.1. The molecule has 3 aromatic rings. The third-order valence-electron chi connectivity index (χ3n) is 3.97. The lowest BCUT2D eigenvalue weighted by Gasteiger charge is -2.23. The summed E-state index contributed by atoms with van der Waals surface area (Å²) < 4.78 is 2.48. The molecule has 0 aliphatic heterocycles. The SMILES string of the molecule is Cn1nnnc1-c1cccc(NC(=O)N(CCO)Cc2ccccc2Br)c1. The van der Waals surface area contributed by atoms with Gasteiger partial charge in [0.25, 0.3) is 0 Å².